The monoisotopic (exact) mass is 617 g/mol. The van der Waals surface area contributed by atoms with Gasteiger partial charge < -0.3 is 9.47 Å². The number of aliphatic imine (C=N–C) groups is 1. The maximum atomic E-state index is 14.2. The molecule has 2 heterocycles. The summed E-state index contributed by atoms with van der Waals surface area (Å²) in [5.74, 6) is 1.86. The topological polar surface area (TPSA) is 65.7 Å². The van der Waals surface area contributed by atoms with Crippen molar-refractivity contribution < 1.29 is 14.3 Å². The van der Waals surface area contributed by atoms with Crippen molar-refractivity contribution in [2.45, 2.75) is 98.3 Å². The minimum atomic E-state index is -0.350. The number of aromatic nitrogens is 2. The predicted molar refractivity (Wildman–Crippen MR) is 184 cm³/mol. The molecule has 1 aromatic heterocycles. The van der Waals surface area contributed by atoms with Crippen molar-refractivity contribution in [1.29, 1.82) is 0 Å². The van der Waals surface area contributed by atoms with Gasteiger partial charge in [-0.2, -0.15) is 5.10 Å². The van der Waals surface area contributed by atoms with Crippen LogP contribution in [-0.2, 0) is 29.0 Å². The molecule has 0 bridgehead atoms. The standard InChI is InChI=1S/C40H47N3O3/c1-38(2,3)36-35-33(34-29(22-40(7,8)23-30(34)44)41-37(35)43(42-36)39(4,5)6)28-19-20-31(45-24-26-15-11-9-12-16-26)32(21-28)46-25-27-17-13-10-14-18-27/h9-21,33-34H,22-25H2,1-8H3. The van der Waals surface area contributed by atoms with Crippen LogP contribution >= 0.6 is 0 Å². The molecule has 46 heavy (non-hydrogen) atoms. The number of benzene rings is 3. The van der Waals surface area contributed by atoms with Crippen LogP contribution in [0.15, 0.2) is 83.9 Å². The van der Waals surface area contributed by atoms with E-state index < -0.39 is 0 Å². The van der Waals surface area contributed by atoms with Crippen LogP contribution in [0.2, 0.25) is 0 Å². The summed E-state index contributed by atoms with van der Waals surface area (Å²) in [4.78, 5) is 19.5. The molecule has 4 aromatic rings. The summed E-state index contributed by atoms with van der Waals surface area (Å²) >= 11 is 0. The quantitative estimate of drug-likeness (QED) is 0.207. The Balaban J connectivity index is 1.51. The van der Waals surface area contributed by atoms with E-state index in [4.69, 9.17) is 19.6 Å². The van der Waals surface area contributed by atoms with Crippen molar-refractivity contribution in [3.63, 3.8) is 0 Å². The maximum Gasteiger partial charge on any atom is 0.161 e. The van der Waals surface area contributed by atoms with Crippen LogP contribution in [0, 0.1) is 11.3 Å². The van der Waals surface area contributed by atoms with Gasteiger partial charge in [-0.1, -0.05) is 101 Å². The highest BCUT2D eigenvalue weighted by Gasteiger charge is 2.49. The summed E-state index contributed by atoms with van der Waals surface area (Å²) in [7, 11) is 0. The summed E-state index contributed by atoms with van der Waals surface area (Å²) in [6, 6.07) is 26.5. The molecule has 2 aliphatic rings. The van der Waals surface area contributed by atoms with Gasteiger partial charge >= 0.3 is 0 Å². The molecule has 1 aliphatic carbocycles. The third kappa shape index (κ3) is 6.40. The van der Waals surface area contributed by atoms with E-state index in [1.54, 1.807) is 0 Å². The molecular weight excluding hydrogens is 570 g/mol. The van der Waals surface area contributed by atoms with Crippen molar-refractivity contribution in [1.82, 2.24) is 9.78 Å². The largest absolute Gasteiger partial charge is 0.485 e. The molecule has 6 rings (SSSR count). The third-order valence-corrected chi connectivity index (χ3v) is 8.96. The molecule has 2 unspecified atom stereocenters. The normalized spacial score (nSPS) is 19.2. The van der Waals surface area contributed by atoms with Gasteiger partial charge in [0.2, 0.25) is 0 Å². The van der Waals surface area contributed by atoms with E-state index in [0.717, 1.165) is 45.9 Å². The van der Waals surface area contributed by atoms with Gasteiger partial charge in [-0.3, -0.25) is 4.79 Å². The highest BCUT2D eigenvalue weighted by molar-refractivity contribution is 6.11. The van der Waals surface area contributed by atoms with Crippen molar-refractivity contribution in [3.8, 4) is 11.5 Å². The number of hydrogen-bond donors (Lipinski definition) is 0. The minimum absolute atomic E-state index is 0.146. The lowest BCUT2D eigenvalue weighted by Crippen LogP contribution is -2.43. The van der Waals surface area contributed by atoms with Crippen molar-refractivity contribution in [3.05, 3.63) is 107 Å². The Bertz CT molecular complexity index is 1760. The number of rotatable bonds is 7. The van der Waals surface area contributed by atoms with Crippen molar-refractivity contribution >= 4 is 17.3 Å². The fraction of sp³-hybridized carbons (Fsp3) is 0.425. The second-order valence-corrected chi connectivity index (χ2v) is 15.7. The molecule has 0 spiro atoms. The molecule has 1 aliphatic heterocycles. The predicted octanol–water partition coefficient (Wildman–Crippen LogP) is 9.32. The summed E-state index contributed by atoms with van der Waals surface area (Å²) in [5, 5.41) is 5.25. The number of carbonyl (C=O) groups excluding carboxylic acids is 1. The SMILES string of the molecule is CC1(C)CC(=O)C2C(=Nc3c(c(C(C)(C)C)nn3C(C)(C)C)C2c2ccc(OCc3ccccc3)c(OCc3ccccc3)c2)C1. The highest BCUT2D eigenvalue weighted by Crippen LogP contribution is 2.53. The fourth-order valence-electron chi connectivity index (χ4n) is 6.84. The number of fused-ring (bicyclic) bond motifs is 2. The Hall–Kier alpha value is -4.19. The average Bonchev–Trinajstić information content (AvgIpc) is 3.39. The number of Topliss-reactive ketones (excluding diaryl/α,β-unsaturated/α-hetero) is 1. The molecular formula is C40H47N3O3. The van der Waals surface area contributed by atoms with Gasteiger partial charge in [0.05, 0.1) is 17.2 Å². The molecule has 1 fully saturated rings. The second kappa shape index (κ2) is 11.9. The lowest BCUT2D eigenvalue weighted by Gasteiger charge is -2.41. The van der Waals surface area contributed by atoms with E-state index in [-0.39, 0.29) is 34.0 Å². The van der Waals surface area contributed by atoms with Gasteiger partial charge in [0.25, 0.3) is 0 Å². The maximum absolute atomic E-state index is 14.2. The first-order valence-electron chi connectivity index (χ1n) is 16.4. The molecule has 0 amide bonds. The number of nitrogens with zero attached hydrogens (tertiary/aromatic N) is 3. The summed E-state index contributed by atoms with van der Waals surface area (Å²) in [5.41, 5.74) is 5.47. The van der Waals surface area contributed by atoms with Crippen LogP contribution in [0.25, 0.3) is 0 Å². The molecule has 0 saturated heterocycles. The number of ether oxygens (including phenoxy) is 2. The van der Waals surface area contributed by atoms with Crippen LogP contribution in [0.3, 0.4) is 0 Å². The zero-order valence-electron chi connectivity index (χ0n) is 28.6. The molecule has 2 atom stereocenters. The molecule has 6 nitrogen and oxygen atoms in total. The van der Waals surface area contributed by atoms with E-state index in [9.17, 15) is 4.79 Å². The Kier molecular flexibility index (Phi) is 8.20. The van der Waals surface area contributed by atoms with Crippen molar-refractivity contribution in [2.24, 2.45) is 16.3 Å². The van der Waals surface area contributed by atoms with Gasteiger partial charge in [-0.05, 0) is 61.4 Å². The van der Waals surface area contributed by atoms with Gasteiger partial charge in [0, 0.05) is 29.0 Å². The van der Waals surface area contributed by atoms with Gasteiger partial charge in [0.1, 0.15) is 19.0 Å². The van der Waals surface area contributed by atoms with Crippen LogP contribution in [-0.4, -0.2) is 21.3 Å². The second-order valence-electron chi connectivity index (χ2n) is 15.7. The molecule has 3 aromatic carbocycles. The molecule has 0 radical (unpaired) electrons. The lowest BCUT2D eigenvalue weighted by atomic mass is 9.63. The van der Waals surface area contributed by atoms with Gasteiger partial charge in [0.15, 0.2) is 17.3 Å². The van der Waals surface area contributed by atoms with E-state index in [1.165, 1.54) is 0 Å². The van der Waals surface area contributed by atoms with E-state index >= 15 is 0 Å². The highest BCUT2D eigenvalue weighted by atomic mass is 16.5. The zero-order chi connectivity index (χ0) is 32.9. The first-order valence-corrected chi connectivity index (χ1v) is 16.4. The van der Waals surface area contributed by atoms with Crippen LogP contribution in [0.1, 0.15) is 102 Å². The van der Waals surface area contributed by atoms with Crippen LogP contribution < -0.4 is 9.47 Å². The molecule has 1 saturated carbocycles. The Morgan fingerprint density at radius 3 is 1.93 bits per heavy atom. The summed E-state index contributed by atoms with van der Waals surface area (Å²) in [6.45, 7) is 18.2. The third-order valence-electron chi connectivity index (χ3n) is 8.96. The Morgan fingerprint density at radius 1 is 0.783 bits per heavy atom. The van der Waals surface area contributed by atoms with E-state index in [1.807, 2.05) is 42.5 Å². The summed E-state index contributed by atoms with van der Waals surface area (Å²) < 4.78 is 15.0. The van der Waals surface area contributed by atoms with Gasteiger partial charge in [-0.25, -0.2) is 9.67 Å². The van der Waals surface area contributed by atoms with Gasteiger partial charge in [-0.15, -0.1) is 0 Å². The fourth-order valence-corrected chi connectivity index (χ4v) is 6.84. The van der Waals surface area contributed by atoms with Crippen molar-refractivity contribution in [2.75, 3.05) is 0 Å². The summed E-state index contributed by atoms with van der Waals surface area (Å²) in [6.07, 6.45) is 1.30. The van der Waals surface area contributed by atoms with E-state index in [0.29, 0.717) is 31.1 Å². The number of ketones is 1. The Labute approximate surface area is 273 Å². The first-order chi connectivity index (χ1) is 21.7. The number of hydrogen-bond acceptors (Lipinski definition) is 5. The molecule has 6 heteroatoms. The van der Waals surface area contributed by atoms with E-state index in [2.05, 4.69) is 96.5 Å². The number of carbonyl (C=O) groups is 1. The Morgan fingerprint density at radius 2 is 1.37 bits per heavy atom. The molecule has 0 N–H and O–H groups in total. The first kappa shape index (κ1) is 31.8. The zero-order valence-corrected chi connectivity index (χ0v) is 28.6. The smallest absolute Gasteiger partial charge is 0.161 e. The average molecular weight is 618 g/mol. The lowest BCUT2D eigenvalue weighted by molar-refractivity contribution is -0.124. The minimum Gasteiger partial charge on any atom is -0.485 e. The van der Waals surface area contributed by atoms with Crippen LogP contribution in [0.5, 0.6) is 11.5 Å². The van der Waals surface area contributed by atoms with Crippen LogP contribution in [0.4, 0.5) is 5.82 Å². The molecule has 240 valence electrons.